The number of benzene rings is 2. The molecule has 3 aromatic rings. The van der Waals surface area contributed by atoms with Gasteiger partial charge in [0, 0.05) is 41.3 Å². The molecule has 0 fully saturated rings. The lowest BCUT2D eigenvalue weighted by Gasteiger charge is -2.39. The molecule has 0 saturated heterocycles. The average molecular weight is 459 g/mol. The van der Waals surface area contributed by atoms with Gasteiger partial charge in [-0.1, -0.05) is 18.2 Å². The van der Waals surface area contributed by atoms with Crippen LogP contribution in [0.25, 0.3) is 16.5 Å². The Labute approximate surface area is 199 Å². The number of hydrogen-bond donors (Lipinski definition) is 1. The van der Waals surface area contributed by atoms with Crippen molar-refractivity contribution in [1.82, 2.24) is 9.47 Å². The highest BCUT2D eigenvalue weighted by Gasteiger charge is 2.37. The van der Waals surface area contributed by atoms with Gasteiger partial charge >= 0.3 is 5.97 Å². The quantitative estimate of drug-likeness (QED) is 0.447. The Balaban J connectivity index is 1.43. The third-order valence-corrected chi connectivity index (χ3v) is 7.09. The summed E-state index contributed by atoms with van der Waals surface area (Å²) in [6.07, 6.45) is 4.34. The number of phenols is 1. The predicted molar refractivity (Wildman–Crippen MR) is 132 cm³/mol. The van der Waals surface area contributed by atoms with Crippen LogP contribution in [0.3, 0.4) is 0 Å². The Hall–Kier alpha value is -3.38. The number of phenolic OH excluding ortho intramolecular Hbond substituents is 1. The van der Waals surface area contributed by atoms with E-state index in [4.69, 9.17) is 4.74 Å². The lowest BCUT2D eigenvalue weighted by atomic mass is 9.80. The highest BCUT2D eigenvalue weighted by Crippen LogP contribution is 2.42. The summed E-state index contributed by atoms with van der Waals surface area (Å²) in [6, 6.07) is 12.9. The Morgan fingerprint density at radius 1 is 1.09 bits per heavy atom. The van der Waals surface area contributed by atoms with Crippen LogP contribution < -0.4 is 0 Å². The summed E-state index contributed by atoms with van der Waals surface area (Å²) in [5.41, 5.74) is 5.32. The highest BCUT2D eigenvalue weighted by molar-refractivity contribution is 6.01. The monoisotopic (exact) mass is 458 g/mol. The predicted octanol–water partition coefficient (Wildman–Crippen LogP) is 4.61. The zero-order valence-electron chi connectivity index (χ0n) is 20.0. The number of Topliss-reactive ketones (excluding diaryl/α,β-unsaturated/α-hetero) is 1. The third-order valence-electron chi connectivity index (χ3n) is 7.09. The van der Waals surface area contributed by atoms with Crippen molar-refractivity contribution in [2.24, 2.45) is 5.92 Å². The fourth-order valence-corrected chi connectivity index (χ4v) is 5.33. The van der Waals surface area contributed by atoms with Crippen LogP contribution in [-0.2, 0) is 16.0 Å². The number of ether oxygens (including phenoxy) is 1. The van der Waals surface area contributed by atoms with Crippen LogP contribution in [0.1, 0.15) is 48.3 Å². The molecule has 2 aromatic carbocycles. The van der Waals surface area contributed by atoms with E-state index in [-0.39, 0.29) is 17.6 Å². The van der Waals surface area contributed by atoms with Crippen LogP contribution in [0.15, 0.2) is 54.7 Å². The number of rotatable bonds is 5. The number of ketones is 1. The maximum atomic E-state index is 13.1. The molecule has 3 atom stereocenters. The van der Waals surface area contributed by atoms with E-state index in [0.29, 0.717) is 18.2 Å². The van der Waals surface area contributed by atoms with Crippen molar-refractivity contribution in [3.63, 3.8) is 0 Å². The van der Waals surface area contributed by atoms with Gasteiger partial charge in [0.05, 0.1) is 5.92 Å². The van der Waals surface area contributed by atoms with Crippen molar-refractivity contribution < 1.29 is 19.4 Å². The van der Waals surface area contributed by atoms with E-state index in [1.165, 1.54) is 46.3 Å². The van der Waals surface area contributed by atoms with Crippen molar-refractivity contribution in [1.29, 1.82) is 0 Å². The molecule has 0 spiro atoms. The van der Waals surface area contributed by atoms with E-state index in [2.05, 4.69) is 53.8 Å². The Kier molecular flexibility index (Phi) is 5.56. The third kappa shape index (κ3) is 3.72. The molecule has 2 aliphatic rings. The number of aromatic nitrogens is 1. The number of carbonyl (C=O) groups is 2. The van der Waals surface area contributed by atoms with Gasteiger partial charge in [0.2, 0.25) is 5.78 Å². The Morgan fingerprint density at radius 2 is 1.82 bits per heavy atom. The molecule has 6 nitrogen and oxygen atoms in total. The molecule has 1 aromatic heterocycles. The number of fused-ring (bicyclic) bond motifs is 2. The van der Waals surface area contributed by atoms with Crippen molar-refractivity contribution in [2.45, 2.75) is 45.4 Å². The summed E-state index contributed by atoms with van der Waals surface area (Å²) in [7, 11) is 2.05. The topological polar surface area (TPSA) is 71.8 Å². The van der Waals surface area contributed by atoms with Crippen LogP contribution in [0.2, 0.25) is 0 Å². The largest absolute Gasteiger partial charge is 0.508 e. The Bertz CT molecular complexity index is 1300. The first-order valence-electron chi connectivity index (χ1n) is 11.8. The second-order valence-electron chi connectivity index (χ2n) is 9.73. The van der Waals surface area contributed by atoms with Gasteiger partial charge < -0.3 is 14.4 Å². The number of carbonyl (C=O) groups excluding carboxylic acids is 2. The molecule has 2 heterocycles. The molecule has 34 heavy (non-hydrogen) atoms. The summed E-state index contributed by atoms with van der Waals surface area (Å²) < 4.78 is 7.94. The smallest absolute Gasteiger partial charge is 0.314 e. The molecule has 0 saturated carbocycles. The molecule has 1 unspecified atom stereocenters. The molecular formula is C28H30N2O4. The van der Waals surface area contributed by atoms with Crippen LogP contribution >= 0.6 is 0 Å². The van der Waals surface area contributed by atoms with Gasteiger partial charge in [0.15, 0.2) is 6.10 Å². The minimum absolute atomic E-state index is 0.0852. The molecule has 1 aliphatic heterocycles. The first-order valence-corrected chi connectivity index (χ1v) is 11.8. The summed E-state index contributed by atoms with van der Waals surface area (Å²) in [4.78, 5) is 28.0. The first-order chi connectivity index (χ1) is 16.2. The normalized spacial score (nSPS) is 20.7. The summed E-state index contributed by atoms with van der Waals surface area (Å²) in [5, 5.41) is 10.7. The van der Waals surface area contributed by atoms with Gasteiger partial charge in [0.25, 0.3) is 0 Å². The standard InChI is InChI=1S/C28H30N2O4/c1-16(2)30-15-19-13-25-23(22-6-5-7-24(30)26(19)22)12-20(14-29(25)4)28(33)34-17(3)27(32)18-8-10-21(31)11-9-18/h5-12,15-17,20,25,31H,13-14H2,1-4H3/t17?,20-,25-/m1/s1. The lowest BCUT2D eigenvalue weighted by Crippen LogP contribution is -2.45. The molecule has 176 valence electrons. The van der Waals surface area contributed by atoms with Gasteiger partial charge in [-0.15, -0.1) is 0 Å². The van der Waals surface area contributed by atoms with Gasteiger partial charge in [-0.25, -0.2) is 0 Å². The van der Waals surface area contributed by atoms with Crippen LogP contribution in [-0.4, -0.2) is 52.1 Å². The van der Waals surface area contributed by atoms with E-state index in [9.17, 15) is 14.7 Å². The number of aromatic hydroxyl groups is 1. The van der Waals surface area contributed by atoms with Crippen LogP contribution in [0.5, 0.6) is 5.75 Å². The summed E-state index contributed by atoms with van der Waals surface area (Å²) in [5.74, 6) is -1.04. The fraction of sp³-hybridized carbons (Fsp3) is 0.357. The molecule has 6 heteroatoms. The number of nitrogens with zero attached hydrogens (tertiary/aromatic N) is 2. The van der Waals surface area contributed by atoms with Gasteiger partial charge in [-0.05, 0) is 81.3 Å². The molecule has 1 N–H and O–H groups in total. The van der Waals surface area contributed by atoms with Gasteiger partial charge in [-0.2, -0.15) is 0 Å². The Morgan fingerprint density at radius 3 is 2.53 bits per heavy atom. The molecule has 5 rings (SSSR count). The van der Waals surface area contributed by atoms with Crippen LogP contribution in [0, 0.1) is 5.92 Å². The second kappa shape index (κ2) is 8.44. The van der Waals surface area contributed by atoms with E-state index in [0.717, 1.165) is 12.0 Å². The van der Waals surface area contributed by atoms with E-state index >= 15 is 0 Å². The van der Waals surface area contributed by atoms with Crippen molar-refractivity contribution in [2.75, 3.05) is 13.6 Å². The average Bonchev–Trinajstić information content (AvgIpc) is 3.19. The summed E-state index contributed by atoms with van der Waals surface area (Å²) >= 11 is 0. The van der Waals surface area contributed by atoms with Gasteiger partial charge in [0.1, 0.15) is 5.75 Å². The number of hydrogen-bond acceptors (Lipinski definition) is 5. The van der Waals surface area contributed by atoms with Crippen LogP contribution in [0.4, 0.5) is 0 Å². The maximum Gasteiger partial charge on any atom is 0.314 e. The highest BCUT2D eigenvalue weighted by atomic mass is 16.5. The molecule has 0 radical (unpaired) electrons. The number of likely N-dealkylation sites (N-methyl/N-ethyl adjacent to an activating group) is 1. The summed E-state index contributed by atoms with van der Waals surface area (Å²) in [6.45, 7) is 6.53. The molecular weight excluding hydrogens is 428 g/mol. The second-order valence-corrected chi connectivity index (χ2v) is 9.73. The minimum Gasteiger partial charge on any atom is -0.508 e. The van der Waals surface area contributed by atoms with E-state index < -0.39 is 18.0 Å². The fourth-order valence-electron chi connectivity index (χ4n) is 5.33. The van der Waals surface area contributed by atoms with E-state index in [1.807, 2.05) is 7.05 Å². The van der Waals surface area contributed by atoms with E-state index in [1.54, 1.807) is 6.92 Å². The lowest BCUT2D eigenvalue weighted by molar-refractivity contribution is -0.150. The molecule has 0 amide bonds. The molecule has 0 bridgehead atoms. The number of esters is 1. The SMILES string of the molecule is CC(OC(=O)[C@@H]1C=C2c3cccc4c3c(cn4C(C)C)C[C@H]2N(C)C1)C(=O)c1ccc(O)cc1. The zero-order valence-corrected chi connectivity index (χ0v) is 20.0. The van der Waals surface area contributed by atoms with Crippen molar-refractivity contribution in [3.05, 3.63) is 71.4 Å². The minimum atomic E-state index is -0.903. The maximum absolute atomic E-state index is 13.1. The van der Waals surface area contributed by atoms with Crippen molar-refractivity contribution in [3.8, 4) is 5.75 Å². The first kappa shape index (κ1) is 22.4. The molecule has 1 aliphatic carbocycles. The zero-order chi connectivity index (χ0) is 24.1. The van der Waals surface area contributed by atoms with Crippen molar-refractivity contribution >= 4 is 28.2 Å². The van der Waals surface area contributed by atoms with Gasteiger partial charge in [-0.3, -0.25) is 14.5 Å².